The number of carbonyl (C=O) groups excluding carboxylic acids is 2. The Morgan fingerprint density at radius 1 is 1.26 bits per heavy atom. The van der Waals surface area contributed by atoms with Crippen LogP contribution in [0.15, 0.2) is 30.5 Å². The summed E-state index contributed by atoms with van der Waals surface area (Å²) in [7, 11) is 0. The molecule has 0 unspecified atom stereocenters. The van der Waals surface area contributed by atoms with Crippen LogP contribution in [-0.4, -0.2) is 41.3 Å². The maximum atomic E-state index is 14.1. The van der Waals surface area contributed by atoms with E-state index in [1.807, 2.05) is 0 Å². The smallest absolute Gasteiger partial charge is 0.417 e. The fourth-order valence-corrected chi connectivity index (χ4v) is 4.08. The standard InChI is InChI=1S/C22H21F6N3O4/c1-9-13(23)5-4-12(16(9)34-20(24)25)15-10(2)21(3,22(26,27)28)35-17(15)19(33)31-11-6-7-30-14(8-11)18(29)32/h4-8,10,15,17,20H,1-3H3,(H2,29,32)(H,30,31,33)/t10-,15+,17+,21-/m0/s1. The molecule has 190 valence electrons. The van der Waals surface area contributed by atoms with Gasteiger partial charge in [-0.2, -0.15) is 22.0 Å². The number of anilines is 1. The summed E-state index contributed by atoms with van der Waals surface area (Å²) in [5.74, 6) is -6.53. The number of rotatable bonds is 6. The Morgan fingerprint density at radius 3 is 2.49 bits per heavy atom. The van der Waals surface area contributed by atoms with Crippen molar-refractivity contribution in [3.8, 4) is 5.75 Å². The molecule has 1 aliphatic heterocycles. The van der Waals surface area contributed by atoms with Crippen molar-refractivity contribution in [2.45, 2.75) is 51.2 Å². The molecule has 35 heavy (non-hydrogen) atoms. The van der Waals surface area contributed by atoms with Crippen LogP contribution in [0.5, 0.6) is 5.75 Å². The number of amides is 2. The van der Waals surface area contributed by atoms with Crippen LogP contribution >= 0.6 is 0 Å². The molecule has 1 aromatic carbocycles. The number of carbonyl (C=O) groups is 2. The normalized spacial score (nSPS) is 24.5. The lowest BCUT2D eigenvalue weighted by molar-refractivity contribution is -0.272. The van der Waals surface area contributed by atoms with E-state index in [1.54, 1.807) is 0 Å². The van der Waals surface area contributed by atoms with Crippen molar-refractivity contribution in [3.05, 3.63) is 53.1 Å². The van der Waals surface area contributed by atoms with Crippen LogP contribution in [0.2, 0.25) is 0 Å². The summed E-state index contributed by atoms with van der Waals surface area (Å²) in [6.07, 6.45) is -5.66. The third kappa shape index (κ3) is 4.90. The lowest BCUT2D eigenvalue weighted by Gasteiger charge is -2.32. The Labute approximate surface area is 195 Å². The van der Waals surface area contributed by atoms with Crippen molar-refractivity contribution in [3.63, 3.8) is 0 Å². The Morgan fingerprint density at radius 2 is 1.91 bits per heavy atom. The largest absolute Gasteiger partial charge is 0.434 e. The lowest BCUT2D eigenvalue weighted by Crippen LogP contribution is -2.47. The molecule has 2 heterocycles. The van der Waals surface area contributed by atoms with E-state index in [9.17, 15) is 35.9 Å². The molecule has 7 nitrogen and oxygen atoms in total. The maximum Gasteiger partial charge on any atom is 0.417 e. The second-order valence-corrected chi connectivity index (χ2v) is 8.21. The zero-order valence-electron chi connectivity index (χ0n) is 18.6. The quantitative estimate of drug-likeness (QED) is 0.570. The first-order valence-electron chi connectivity index (χ1n) is 10.2. The highest BCUT2D eigenvalue weighted by Gasteiger charge is 2.65. The number of primary amides is 1. The predicted octanol–water partition coefficient (Wildman–Crippen LogP) is 4.31. The molecule has 3 N–H and O–H groups in total. The molecule has 13 heteroatoms. The molecule has 2 aromatic rings. The van der Waals surface area contributed by atoms with Crippen LogP contribution in [0.1, 0.15) is 41.4 Å². The number of alkyl halides is 5. The average Bonchev–Trinajstić information content (AvgIpc) is 3.04. The molecule has 2 amide bonds. The minimum atomic E-state index is -4.95. The van der Waals surface area contributed by atoms with Crippen molar-refractivity contribution in [1.82, 2.24) is 4.98 Å². The maximum absolute atomic E-state index is 14.1. The van der Waals surface area contributed by atoms with Crippen molar-refractivity contribution < 1.29 is 45.4 Å². The molecule has 3 rings (SSSR count). The highest BCUT2D eigenvalue weighted by molar-refractivity contribution is 5.97. The van der Waals surface area contributed by atoms with Gasteiger partial charge in [0, 0.05) is 34.8 Å². The lowest BCUT2D eigenvalue weighted by atomic mass is 9.76. The Kier molecular flexibility index (Phi) is 7.02. The number of nitrogens with zero attached hydrogens (tertiary/aromatic N) is 1. The van der Waals surface area contributed by atoms with E-state index in [2.05, 4.69) is 15.0 Å². The van der Waals surface area contributed by atoms with Crippen LogP contribution < -0.4 is 15.8 Å². The van der Waals surface area contributed by atoms with Gasteiger partial charge < -0.3 is 20.5 Å². The van der Waals surface area contributed by atoms with Crippen LogP contribution in [0, 0.1) is 18.7 Å². The number of benzene rings is 1. The number of nitrogens with one attached hydrogen (secondary N) is 1. The van der Waals surface area contributed by atoms with Gasteiger partial charge in [-0.15, -0.1) is 0 Å². The van der Waals surface area contributed by atoms with E-state index in [1.165, 1.54) is 6.07 Å². The third-order valence-corrected chi connectivity index (χ3v) is 6.14. The highest BCUT2D eigenvalue weighted by Crippen LogP contribution is 2.55. The zero-order chi connectivity index (χ0) is 26.3. The second kappa shape index (κ2) is 9.36. The topological polar surface area (TPSA) is 104 Å². The van der Waals surface area contributed by atoms with Gasteiger partial charge in [0.15, 0.2) is 5.60 Å². The summed E-state index contributed by atoms with van der Waals surface area (Å²) < 4.78 is 92.1. The molecule has 0 spiro atoms. The number of pyridine rings is 1. The van der Waals surface area contributed by atoms with Crippen LogP contribution in [-0.2, 0) is 9.53 Å². The van der Waals surface area contributed by atoms with Gasteiger partial charge in [0.1, 0.15) is 23.4 Å². The van der Waals surface area contributed by atoms with Gasteiger partial charge in [0.25, 0.3) is 11.8 Å². The SMILES string of the molecule is Cc1c(F)ccc([C@@H]2[C@H](C(=O)Nc3ccnc(C(N)=O)c3)O[C@](C)(C(F)(F)F)[C@H]2C)c1OC(F)F. The molecule has 1 saturated heterocycles. The van der Waals surface area contributed by atoms with Crippen LogP contribution in [0.25, 0.3) is 0 Å². The Balaban J connectivity index is 2.10. The first kappa shape index (κ1) is 26.3. The van der Waals surface area contributed by atoms with E-state index in [-0.39, 0.29) is 22.5 Å². The number of ether oxygens (including phenoxy) is 2. The van der Waals surface area contributed by atoms with Gasteiger partial charge in [-0.1, -0.05) is 13.0 Å². The molecule has 0 aliphatic carbocycles. The summed E-state index contributed by atoms with van der Waals surface area (Å²) >= 11 is 0. The van der Waals surface area contributed by atoms with Gasteiger partial charge in [-0.3, -0.25) is 14.6 Å². The van der Waals surface area contributed by atoms with Gasteiger partial charge in [0.2, 0.25) is 0 Å². The average molecular weight is 505 g/mol. The molecule has 0 radical (unpaired) electrons. The van der Waals surface area contributed by atoms with Crippen molar-refractivity contribution in [1.29, 1.82) is 0 Å². The van der Waals surface area contributed by atoms with Crippen molar-refractivity contribution in [2.75, 3.05) is 5.32 Å². The molecular formula is C22H21F6N3O4. The predicted molar refractivity (Wildman–Crippen MR) is 110 cm³/mol. The highest BCUT2D eigenvalue weighted by atomic mass is 19.4. The van der Waals surface area contributed by atoms with Crippen LogP contribution in [0.3, 0.4) is 0 Å². The molecule has 1 aromatic heterocycles. The van der Waals surface area contributed by atoms with E-state index >= 15 is 0 Å². The zero-order valence-corrected chi connectivity index (χ0v) is 18.6. The van der Waals surface area contributed by atoms with Crippen molar-refractivity contribution >= 4 is 17.5 Å². The Bertz CT molecular complexity index is 1140. The van der Waals surface area contributed by atoms with E-state index < -0.39 is 59.7 Å². The molecule has 1 fully saturated rings. The summed E-state index contributed by atoms with van der Waals surface area (Å²) in [6.45, 7) is -0.401. The first-order valence-corrected chi connectivity index (χ1v) is 10.2. The number of hydrogen-bond donors (Lipinski definition) is 2. The third-order valence-electron chi connectivity index (χ3n) is 6.14. The summed E-state index contributed by atoms with van der Waals surface area (Å²) in [4.78, 5) is 28.2. The minimum absolute atomic E-state index is 0.0197. The monoisotopic (exact) mass is 505 g/mol. The molecule has 0 bridgehead atoms. The molecule has 0 saturated carbocycles. The van der Waals surface area contributed by atoms with E-state index in [4.69, 9.17) is 10.5 Å². The van der Waals surface area contributed by atoms with Crippen molar-refractivity contribution in [2.24, 2.45) is 11.7 Å². The fraction of sp³-hybridized carbons (Fsp3) is 0.409. The molecule has 4 atom stereocenters. The second-order valence-electron chi connectivity index (χ2n) is 8.21. The number of hydrogen-bond acceptors (Lipinski definition) is 5. The molecular weight excluding hydrogens is 484 g/mol. The van der Waals surface area contributed by atoms with Gasteiger partial charge in [-0.05, 0) is 32.0 Å². The first-order chi connectivity index (χ1) is 16.2. The number of halogens is 6. The van der Waals surface area contributed by atoms with Gasteiger partial charge >= 0.3 is 12.8 Å². The van der Waals surface area contributed by atoms with Gasteiger partial charge in [0.05, 0.1) is 0 Å². The number of aromatic nitrogens is 1. The van der Waals surface area contributed by atoms with Gasteiger partial charge in [-0.25, -0.2) is 4.39 Å². The summed E-state index contributed by atoms with van der Waals surface area (Å²) in [5, 5.41) is 2.33. The minimum Gasteiger partial charge on any atom is -0.434 e. The van der Waals surface area contributed by atoms with E-state index in [0.717, 1.165) is 45.2 Å². The molecule has 1 aliphatic rings. The van der Waals surface area contributed by atoms with E-state index in [0.29, 0.717) is 0 Å². The summed E-state index contributed by atoms with van der Waals surface area (Å²) in [6, 6.07) is 4.23. The van der Waals surface area contributed by atoms with Crippen LogP contribution in [0.4, 0.5) is 32.0 Å². The fourth-order valence-electron chi connectivity index (χ4n) is 4.08. The number of nitrogens with two attached hydrogens (primary N) is 1. The Hall–Kier alpha value is -3.35. The summed E-state index contributed by atoms with van der Waals surface area (Å²) in [5.41, 5.74) is 1.43.